The highest BCUT2D eigenvalue weighted by molar-refractivity contribution is 6.31. The molecule has 1 heterocycles. The van der Waals surface area contributed by atoms with Crippen molar-refractivity contribution in [1.82, 2.24) is 5.32 Å². The second-order valence-corrected chi connectivity index (χ2v) is 6.38. The number of halogens is 1. The van der Waals surface area contributed by atoms with Crippen LogP contribution in [0.25, 0.3) is 0 Å². The summed E-state index contributed by atoms with van der Waals surface area (Å²) < 4.78 is 5.07. The molecule has 1 fully saturated rings. The third-order valence-electron chi connectivity index (χ3n) is 4.07. The van der Waals surface area contributed by atoms with Crippen molar-refractivity contribution >= 4 is 17.3 Å². The maximum atomic E-state index is 6.42. The fourth-order valence-electron chi connectivity index (χ4n) is 2.92. The molecular formula is C16H25ClN2O. The molecule has 1 aliphatic heterocycles. The van der Waals surface area contributed by atoms with Gasteiger partial charge < -0.3 is 15.0 Å². The van der Waals surface area contributed by atoms with E-state index >= 15 is 0 Å². The van der Waals surface area contributed by atoms with Crippen molar-refractivity contribution in [2.24, 2.45) is 0 Å². The van der Waals surface area contributed by atoms with Crippen molar-refractivity contribution in [3.63, 3.8) is 0 Å². The molecule has 4 heteroatoms. The molecule has 0 spiro atoms. The van der Waals surface area contributed by atoms with E-state index in [1.165, 1.54) is 24.1 Å². The largest absolute Gasteiger partial charge is 0.383 e. The van der Waals surface area contributed by atoms with E-state index in [-0.39, 0.29) is 5.54 Å². The number of ether oxygens (including phenoxy) is 1. The zero-order valence-corrected chi connectivity index (χ0v) is 13.5. The van der Waals surface area contributed by atoms with Crippen molar-refractivity contribution in [3.05, 3.63) is 28.8 Å². The van der Waals surface area contributed by atoms with Gasteiger partial charge >= 0.3 is 0 Å². The molecule has 0 saturated carbocycles. The molecule has 0 unspecified atom stereocenters. The van der Waals surface area contributed by atoms with Crippen LogP contribution in [0.5, 0.6) is 0 Å². The Bertz CT molecular complexity index is 448. The Balaban J connectivity index is 2.18. The van der Waals surface area contributed by atoms with Crippen LogP contribution >= 0.6 is 11.6 Å². The van der Waals surface area contributed by atoms with Crippen molar-refractivity contribution in [3.8, 4) is 0 Å². The zero-order chi connectivity index (χ0) is 14.6. The van der Waals surface area contributed by atoms with Gasteiger partial charge in [0.25, 0.3) is 0 Å². The van der Waals surface area contributed by atoms with Crippen molar-refractivity contribution in [2.45, 2.75) is 38.8 Å². The predicted octanol–water partition coefficient (Wildman–Crippen LogP) is 3.45. The van der Waals surface area contributed by atoms with Crippen molar-refractivity contribution in [1.29, 1.82) is 0 Å². The molecule has 0 aliphatic carbocycles. The fourth-order valence-corrected chi connectivity index (χ4v) is 3.15. The van der Waals surface area contributed by atoms with E-state index in [1.54, 1.807) is 7.11 Å². The third kappa shape index (κ3) is 3.46. The number of anilines is 1. The molecule has 0 atom stereocenters. The topological polar surface area (TPSA) is 24.5 Å². The standard InChI is InChI=1S/C16H25ClN2O/c1-16(2)8-5-10-19(16)15-7-4-6-14(17)13(15)12-18-9-11-20-3/h4,6-7,18H,5,8-12H2,1-3H3. The molecule has 1 aromatic rings. The van der Waals surface area contributed by atoms with E-state index in [0.717, 1.165) is 31.3 Å². The molecule has 1 aromatic carbocycles. The summed E-state index contributed by atoms with van der Waals surface area (Å²) in [7, 11) is 1.72. The van der Waals surface area contributed by atoms with E-state index in [1.807, 2.05) is 12.1 Å². The lowest BCUT2D eigenvalue weighted by molar-refractivity contribution is 0.199. The van der Waals surface area contributed by atoms with Gasteiger partial charge in [0.1, 0.15) is 0 Å². The molecule has 112 valence electrons. The lowest BCUT2D eigenvalue weighted by atomic mass is 10.0. The van der Waals surface area contributed by atoms with Crippen LogP contribution in [-0.4, -0.2) is 32.3 Å². The summed E-state index contributed by atoms with van der Waals surface area (Å²) in [6, 6.07) is 6.21. The molecule has 0 bridgehead atoms. The van der Waals surface area contributed by atoms with E-state index < -0.39 is 0 Å². The van der Waals surface area contributed by atoms with E-state index in [2.05, 4.69) is 30.1 Å². The van der Waals surface area contributed by atoms with Crippen LogP contribution in [0.15, 0.2) is 18.2 Å². The fraction of sp³-hybridized carbons (Fsp3) is 0.625. The zero-order valence-electron chi connectivity index (χ0n) is 12.7. The van der Waals surface area contributed by atoms with Gasteiger partial charge in [-0.3, -0.25) is 0 Å². The van der Waals surface area contributed by atoms with Gasteiger partial charge in [-0.2, -0.15) is 0 Å². The van der Waals surface area contributed by atoms with Gasteiger partial charge in [-0.15, -0.1) is 0 Å². The number of hydrogen-bond donors (Lipinski definition) is 1. The second-order valence-electron chi connectivity index (χ2n) is 5.97. The average molecular weight is 297 g/mol. The summed E-state index contributed by atoms with van der Waals surface area (Å²) >= 11 is 6.42. The van der Waals surface area contributed by atoms with Crippen LogP contribution in [0, 0.1) is 0 Å². The number of benzene rings is 1. The second kappa shape index (κ2) is 6.79. The summed E-state index contributed by atoms with van der Waals surface area (Å²) in [5.74, 6) is 0. The Kier molecular flexibility index (Phi) is 5.30. The van der Waals surface area contributed by atoms with Crippen molar-refractivity contribution < 1.29 is 4.74 Å². The molecule has 3 nitrogen and oxygen atoms in total. The summed E-state index contributed by atoms with van der Waals surface area (Å²) in [6.45, 7) is 8.06. The Morgan fingerprint density at radius 1 is 1.40 bits per heavy atom. The first-order valence-electron chi connectivity index (χ1n) is 7.31. The minimum atomic E-state index is 0.214. The maximum Gasteiger partial charge on any atom is 0.0587 e. The number of rotatable bonds is 6. The summed E-state index contributed by atoms with van der Waals surface area (Å²) in [5.41, 5.74) is 2.68. The summed E-state index contributed by atoms with van der Waals surface area (Å²) in [5, 5.41) is 4.24. The van der Waals surface area contributed by atoms with Gasteiger partial charge in [0.05, 0.1) is 6.61 Å². The Morgan fingerprint density at radius 3 is 2.85 bits per heavy atom. The highest BCUT2D eigenvalue weighted by Gasteiger charge is 2.33. The van der Waals surface area contributed by atoms with Crippen LogP contribution < -0.4 is 10.2 Å². The number of methoxy groups -OCH3 is 1. The lowest BCUT2D eigenvalue weighted by Gasteiger charge is -2.35. The molecule has 0 aromatic heterocycles. The minimum absolute atomic E-state index is 0.214. The number of nitrogens with one attached hydrogen (secondary N) is 1. The quantitative estimate of drug-likeness (QED) is 0.814. The molecule has 0 amide bonds. The summed E-state index contributed by atoms with van der Waals surface area (Å²) in [6.07, 6.45) is 2.48. The smallest absolute Gasteiger partial charge is 0.0587 e. The van der Waals surface area contributed by atoms with Crippen LogP contribution in [0.2, 0.25) is 5.02 Å². The average Bonchev–Trinajstić information content (AvgIpc) is 2.75. The van der Waals surface area contributed by atoms with Gasteiger partial charge in [0, 0.05) is 48.6 Å². The van der Waals surface area contributed by atoms with Gasteiger partial charge in [0.15, 0.2) is 0 Å². The molecule has 2 rings (SSSR count). The summed E-state index contributed by atoms with van der Waals surface area (Å²) in [4.78, 5) is 2.49. The molecule has 1 saturated heterocycles. The van der Waals surface area contributed by atoms with Gasteiger partial charge in [-0.25, -0.2) is 0 Å². The van der Waals surface area contributed by atoms with Crippen LogP contribution in [0.3, 0.4) is 0 Å². The Hall–Kier alpha value is -0.770. The minimum Gasteiger partial charge on any atom is -0.383 e. The first-order valence-corrected chi connectivity index (χ1v) is 7.69. The van der Waals surface area contributed by atoms with E-state index in [0.29, 0.717) is 0 Å². The number of nitrogens with zero attached hydrogens (tertiary/aromatic N) is 1. The molecule has 20 heavy (non-hydrogen) atoms. The molecule has 1 aliphatic rings. The first kappa shape index (κ1) is 15.6. The Labute approximate surface area is 127 Å². The Morgan fingerprint density at radius 2 is 2.20 bits per heavy atom. The van der Waals surface area contributed by atoms with Gasteiger partial charge in [0.2, 0.25) is 0 Å². The van der Waals surface area contributed by atoms with E-state index in [4.69, 9.17) is 16.3 Å². The molecule has 0 radical (unpaired) electrons. The molecule has 1 N–H and O–H groups in total. The highest BCUT2D eigenvalue weighted by atomic mass is 35.5. The number of hydrogen-bond acceptors (Lipinski definition) is 3. The third-order valence-corrected chi connectivity index (χ3v) is 4.42. The van der Waals surface area contributed by atoms with Crippen molar-refractivity contribution in [2.75, 3.05) is 31.7 Å². The molecular weight excluding hydrogens is 272 g/mol. The SMILES string of the molecule is COCCNCc1c(Cl)cccc1N1CCCC1(C)C. The lowest BCUT2D eigenvalue weighted by Crippen LogP contribution is -2.39. The van der Waals surface area contributed by atoms with Crippen LogP contribution in [0.1, 0.15) is 32.3 Å². The van der Waals surface area contributed by atoms with Crippen LogP contribution in [-0.2, 0) is 11.3 Å². The van der Waals surface area contributed by atoms with Crippen LogP contribution in [0.4, 0.5) is 5.69 Å². The van der Waals surface area contributed by atoms with Gasteiger partial charge in [-0.1, -0.05) is 17.7 Å². The normalized spacial score (nSPS) is 17.7. The van der Waals surface area contributed by atoms with E-state index in [9.17, 15) is 0 Å². The maximum absolute atomic E-state index is 6.42. The van der Waals surface area contributed by atoms with Gasteiger partial charge in [-0.05, 0) is 38.8 Å². The monoisotopic (exact) mass is 296 g/mol. The first-order chi connectivity index (χ1) is 9.56. The predicted molar refractivity (Wildman–Crippen MR) is 85.7 cm³/mol. The highest BCUT2D eigenvalue weighted by Crippen LogP contribution is 2.37.